The van der Waals surface area contributed by atoms with Crippen molar-refractivity contribution in [1.29, 1.82) is 0 Å². The second-order valence-electron chi connectivity index (χ2n) is 4.99. The van der Waals surface area contributed by atoms with Crippen molar-refractivity contribution in [3.8, 4) is 5.75 Å². The highest BCUT2D eigenvalue weighted by molar-refractivity contribution is 9.10. The summed E-state index contributed by atoms with van der Waals surface area (Å²) < 4.78 is 5.96. The summed E-state index contributed by atoms with van der Waals surface area (Å²) in [6, 6.07) is 4.85. The largest absolute Gasteiger partial charge is 0.497 e. The Bertz CT molecular complexity index is 545. The van der Waals surface area contributed by atoms with Gasteiger partial charge >= 0.3 is 0 Å². The first-order valence-electron chi connectivity index (χ1n) is 6.39. The first-order valence-corrected chi connectivity index (χ1v) is 7.18. The summed E-state index contributed by atoms with van der Waals surface area (Å²) in [5, 5.41) is 2.63. The fraction of sp³-hybridized carbons (Fsp3) is 0.429. The number of carbonyl (C=O) groups is 2. The van der Waals surface area contributed by atoms with E-state index in [1.54, 1.807) is 24.1 Å². The molecule has 1 unspecified atom stereocenters. The van der Waals surface area contributed by atoms with E-state index in [0.29, 0.717) is 11.4 Å². The van der Waals surface area contributed by atoms with E-state index in [2.05, 4.69) is 21.2 Å². The fourth-order valence-corrected chi connectivity index (χ4v) is 2.75. The van der Waals surface area contributed by atoms with Crippen molar-refractivity contribution < 1.29 is 14.3 Å². The number of carbonyl (C=O) groups excluding carboxylic acids is 2. The van der Waals surface area contributed by atoms with E-state index in [1.807, 2.05) is 19.9 Å². The summed E-state index contributed by atoms with van der Waals surface area (Å²) in [5.74, 6) is 0.397. The minimum Gasteiger partial charge on any atom is -0.497 e. The average Bonchev–Trinajstić information content (AvgIpc) is 2.41. The molecule has 0 saturated carbocycles. The molecular formula is C14H17BrN2O3. The van der Waals surface area contributed by atoms with E-state index in [9.17, 15) is 9.59 Å². The van der Waals surface area contributed by atoms with E-state index in [4.69, 9.17) is 4.74 Å². The van der Waals surface area contributed by atoms with E-state index in [0.717, 1.165) is 4.47 Å². The Kier molecular flexibility index (Phi) is 4.32. The van der Waals surface area contributed by atoms with Crippen molar-refractivity contribution in [3.63, 3.8) is 0 Å². The predicted molar refractivity (Wildman–Crippen MR) is 79.8 cm³/mol. The Morgan fingerprint density at radius 3 is 2.70 bits per heavy atom. The zero-order valence-electron chi connectivity index (χ0n) is 11.6. The number of rotatable bonds is 3. The molecule has 1 heterocycles. The molecule has 0 aromatic heterocycles. The summed E-state index contributed by atoms with van der Waals surface area (Å²) in [6.07, 6.45) is 0. The molecule has 1 fully saturated rings. The zero-order chi connectivity index (χ0) is 14.9. The number of hydrogen-bond acceptors (Lipinski definition) is 3. The Labute approximate surface area is 126 Å². The van der Waals surface area contributed by atoms with Crippen LogP contribution in [0.4, 0.5) is 5.69 Å². The molecule has 5 nitrogen and oxygen atoms in total. The number of benzene rings is 1. The molecule has 1 N–H and O–H groups in total. The third-order valence-corrected chi connectivity index (χ3v) is 3.94. The van der Waals surface area contributed by atoms with Gasteiger partial charge in [0.2, 0.25) is 11.8 Å². The molecule has 6 heteroatoms. The number of ether oxygens (including phenoxy) is 1. The first kappa shape index (κ1) is 14.8. The van der Waals surface area contributed by atoms with E-state index >= 15 is 0 Å². The summed E-state index contributed by atoms with van der Waals surface area (Å²) in [7, 11) is 1.57. The van der Waals surface area contributed by atoms with Crippen LogP contribution in [0, 0.1) is 5.92 Å². The minimum atomic E-state index is -0.514. The van der Waals surface area contributed by atoms with Gasteiger partial charge in [-0.1, -0.05) is 13.8 Å². The van der Waals surface area contributed by atoms with Crippen LogP contribution in [0.1, 0.15) is 13.8 Å². The number of nitrogens with one attached hydrogen (secondary N) is 1. The zero-order valence-corrected chi connectivity index (χ0v) is 13.2. The van der Waals surface area contributed by atoms with Crippen molar-refractivity contribution >= 4 is 33.4 Å². The van der Waals surface area contributed by atoms with Crippen LogP contribution in [0.15, 0.2) is 22.7 Å². The van der Waals surface area contributed by atoms with E-state index in [-0.39, 0.29) is 24.3 Å². The highest BCUT2D eigenvalue weighted by Gasteiger charge is 2.38. The Morgan fingerprint density at radius 2 is 2.10 bits per heavy atom. The molecule has 1 atom stereocenters. The van der Waals surface area contributed by atoms with Crippen LogP contribution in [0.5, 0.6) is 5.75 Å². The molecule has 2 rings (SSSR count). The lowest BCUT2D eigenvalue weighted by Gasteiger charge is -2.37. The standard InChI is InChI=1S/C14H17BrN2O3/c1-8(2)13-14(19)16-7-12(18)17(13)11-6-9(20-3)4-5-10(11)15/h4-6,8,13H,7H2,1-3H3,(H,16,19). The van der Waals surface area contributed by atoms with Gasteiger partial charge in [-0.2, -0.15) is 0 Å². The van der Waals surface area contributed by atoms with Crippen molar-refractivity contribution in [2.45, 2.75) is 19.9 Å². The smallest absolute Gasteiger partial charge is 0.247 e. The van der Waals surface area contributed by atoms with Crippen molar-refractivity contribution in [2.24, 2.45) is 5.92 Å². The van der Waals surface area contributed by atoms with Gasteiger partial charge in [0, 0.05) is 10.5 Å². The van der Waals surface area contributed by atoms with E-state index < -0.39 is 6.04 Å². The van der Waals surface area contributed by atoms with Crippen molar-refractivity contribution in [3.05, 3.63) is 22.7 Å². The van der Waals surface area contributed by atoms with Crippen LogP contribution >= 0.6 is 15.9 Å². The third-order valence-electron chi connectivity index (χ3n) is 3.27. The number of methoxy groups -OCH3 is 1. The molecule has 0 bridgehead atoms. The molecule has 0 spiro atoms. The van der Waals surface area contributed by atoms with Gasteiger partial charge in [-0.3, -0.25) is 14.5 Å². The maximum atomic E-state index is 12.3. The lowest BCUT2D eigenvalue weighted by Crippen LogP contribution is -2.60. The Balaban J connectivity index is 2.51. The SMILES string of the molecule is COc1ccc(Br)c(N2C(=O)CNC(=O)C2C(C)C)c1. The molecule has 1 aromatic rings. The number of halogens is 1. The topological polar surface area (TPSA) is 58.6 Å². The van der Waals surface area contributed by atoms with Crippen LogP contribution < -0.4 is 15.0 Å². The van der Waals surface area contributed by atoms with Crippen LogP contribution in [0.2, 0.25) is 0 Å². The lowest BCUT2D eigenvalue weighted by atomic mass is 9.98. The van der Waals surface area contributed by atoms with Crippen LogP contribution in [-0.4, -0.2) is 31.5 Å². The minimum absolute atomic E-state index is 0.0114. The van der Waals surface area contributed by atoms with Gasteiger partial charge < -0.3 is 10.1 Å². The predicted octanol–water partition coefficient (Wildman–Crippen LogP) is 1.95. The second kappa shape index (κ2) is 5.83. The number of amides is 2. The van der Waals surface area contributed by atoms with Crippen LogP contribution in [0.3, 0.4) is 0 Å². The Hall–Kier alpha value is -1.56. The van der Waals surface area contributed by atoms with Gasteiger partial charge in [-0.25, -0.2) is 0 Å². The van der Waals surface area contributed by atoms with Crippen molar-refractivity contribution in [1.82, 2.24) is 5.32 Å². The normalized spacial score (nSPS) is 19.2. The number of nitrogens with zero attached hydrogens (tertiary/aromatic N) is 1. The van der Waals surface area contributed by atoms with Gasteiger partial charge in [0.25, 0.3) is 0 Å². The molecule has 20 heavy (non-hydrogen) atoms. The van der Waals surface area contributed by atoms with Crippen molar-refractivity contribution in [2.75, 3.05) is 18.6 Å². The van der Waals surface area contributed by atoms with Gasteiger partial charge in [-0.15, -0.1) is 0 Å². The summed E-state index contributed by atoms with van der Waals surface area (Å²) in [4.78, 5) is 25.9. The molecular weight excluding hydrogens is 324 g/mol. The molecule has 2 amide bonds. The summed E-state index contributed by atoms with van der Waals surface area (Å²) in [5.41, 5.74) is 0.655. The van der Waals surface area contributed by atoms with Gasteiger partial charge in [0.1, 0.15) is 11.8 Å². The molecule has 1 aliphatic rings. The maximum absolute atomic E-state index is 12.3. The first-order chi connectivity index (χ1) is 9.45. The second-order valence-corrected chi connectivity index (χ2v) is 5.84. The van der Waals surface area contributed by atoms with Gasteiger partial charge in [0.15, 0.2) is 0 Å². The number of piperazine rings is 1. The highest BCUT2D eigenvalue weighted by atomic mass is 79.9. The monoisotopic (exact) mass is 340 g/mol. The number of hydrogen-bond donors (Lipinski definition) is 1. The van der Waals surface area contributed by atoms with E-state index in [1.165, 1.54) is 0 Å². The Morgan fingerprint density at radius 1 is 1.40 bits per heavy atom. The average molecular weight is 341 g/mol. The highest BCUT2D eigenvalue weighted by Crippen LogP contribution is 2.34. The van der Waals surface area contributed by atoms with Crippen LogP contribution in [0.25, 0.3) is 0 Å². The van der Waals surface area contributed by atoms with Gasteiger partial charge in [0.05, 0.1) is 19.3 Å². The molecule has 0 radical (unpaired) electrons. The molecule has 108 valence electrons. The maximum Gasteiger partial charge on any atom is 0.247 e. The van der Waals surface area contributed by atoms with Gasteiger partial charge in [-0.05, 0) is 34.0 Å². The lowest BCUT2D eigenvalue weighted by molar-refractivity contribution is -0.131. The molecule has 1 aromatic carbocycles. The molecule has 1 aliphatic heterocycles. The summed E-state index contributed by atoms with van der Waals surface area (Å²) in [6.45, 7) is 3.86. The molecule has 0 aliphatic carbocycles. The third kappa shape index (κ3) is 2.65. The molecule has 1 saturated heterocycles. The fourth-order valence-electron chi connectivity index (χ4n) is 2.31. The quantitative estimate of drug-likeness (QED) is 0.914. The van der Waals surface area contributed by atoms with Crippen LogP contribution in [-0.2, 0) is 9.59 Å². The number of anilines is 1. The summed E-state index contributed by atoms with van der Waals surface area (Å²) >= 11 is 3.44.